The van der Waals surface area contributed by atoms with Crippen LogP contribution in [0.5, 0.6) is 0 Å². The minimum atomic E-state index is -0.366. The van der Waals surface area contributed by atoms with Crippen LogP contribution < -0.4 is 0 Å². The number of halogens is 2. The zero-order valence-corrected chi connectivity index (χ0v) is 7.18. The summed E-state index contributed by atoms with van der Waals surface area (Å²) in [5, 5.41) is 3.82. The fourth-order valence-corrected chi connectivity index (χ4v) is 0.932. The number of hydrogen-bond acceptors (Lipinski definition) is 2. The van der Waals surface area contributed by atoms with E-state index < -0.39 is 0 Å². The average Bonchev–Trinajstić information content (AvgIpc) is 2.03. The maximum Gasteiger partial charge on any atom is 0.124 e. The lowest BCUT2D eigenvalue weighted by Gasteiger charge is -1.95. The largest absolute Gasteiger partial charge is 0.399 e. The minimum absolute atomic E-state index is 0.316. The SMILES string of the molecule is CON=Cc1ccc(F)cc1Cl. The predicted molar refractivity (Wildman–Crippen MR) is 46.0 cm³/mol. The van der Waals surface area contributed by atoms with Gasteiger partial charge in [0.2, 0.25) is 0 Å². The molecule has 0 saturated heterocycles. The van der Waals surface area contributed by atoms with Crippen LogP contribution in [-0.4, -0.2) is 13.3 Å². The van der Waals surface area contributed by atoms with Crippen LogP contribution in [0.4, 0.5) is 4.39 Å². The van der Waals surface area contributed by atoms with Crippen LogP contribution in [0.25, 0.3) is 0 Å². The lowest BCUT2D eigenvalue weighted by Crippen LogP contribution is -1.85. The molecule has 0 aliphatic carbocycles. The number of rotatable bonds is 2. The van der Waals surface area contributed by atoms with Crippen molar-refractivity contribution in [2.45, 2.75) is 0 Å². The molecule has 0 aliphatic rings. The van der Waals surface area contributed by atoms with Gasteiger partial charge in [-0.15, -0.1) is 0 Å². The monoisotopic (exact) mass is 187 g/mol. The summed E-state index contributed by atoms with van der Waals surface area (Å²) in [6.45, 7) is 0. The van der Waals surface area contributed by atoms with Crippen LogP contribution in [0.2, 0.25) is 5.02 Å². The van der Waals surface area contributed by atoms with Crippen molar-refractivity contribution in [1.82, 2.24) is 0 Å². The Labute approximate surface area is 74.6 Å². The highest BCUT2D eigenvalue weighted by atomic mass is 35.5. The smallest absolute Gasteiger partial charge is 0.124 e. The molecule has 0 aromatic heterocycles. The van der Waals surface area contributed by atoms with Crippen molar-refractivity contribution in [2.24, 2.45) is 5.16 Å². The summed E-state index contributed by atoms with van der Waals surface area (Å²) in [7, 11) is 1.42. The van der Waals surface area contributed by atoms with E-state index in [0.29, 0.717) is 10.6 Å². The van der Waals surface area contributed by atoms with Gasteiger partial charge >= 0.3 is 0 Å². The van der Waals surface area contributed by atoms with Crippen LogP contribution in [0.15, 0.2) is 23.4 Å². The Kier molecular flexibility index (Phi) is 3.05. The van der Waals surface area contributed by atoms with Crippen molar-refractivity contribution < 1.29 is 9.23 Å². The second kappa shape index (κ2) is 4.07. The van der Waals surface area contributed by atoms with Gasteiger partial charge in [-0.2, -0.15) is 0 Å². The Hall–Kier alpha value is -1.09. The average molecular weight is 188 g/mol. The Morgan fingerprint density at radius 3 is 2.92 bits per heavy atom. The highest BCUT2D eigenvalue weighted by molar-refractivity contribution is 6.33. The fourth-order valence-electron chi connectivity index (χ4n) is 0.716. The summed E-state index contributed by atoms with van der Waals surface area (Å²) < 4.78 is 12.5. The summed E-state index contributed by atoms with van der Waals surface area (Å²) >= 11 is 5.68. The van der Waals surface area contributed by atoms with Gasteiger partial charge in [0.1, 0.15) is 12.9 Å². The van der Waals surface area contributed by atoms with Gasteiger partial charge < -0.3 is 4.84 Å². The zero-order chi connectivity index (χ0) is 8.97. The van der Waals surface area contributed by atoms with Crippen molar-refractivity contribution in [3.8, 4) is 0 Å². The molecule has 2 nitrogen and oxygen atoms in total. The van der Waals surface area contributed by atoms with Gasteiger partial charge in [0.25, 0.3) is 0 Å². The Bertz CT molecular complexity index is 301. The molecule has 0 unspecified atom stereocenters. The maximum atomic E-state index is 12.5. The van der Waals surface area contributed by atoms with Crippen molar-refractivity contribution in [3.63, 3.8) is 0 Å². The van der Waals surface area contributed by atoms with E-state index in [-0.39, 0.29) is 5.82 Å². The van der Waals surface area contributed by atoms with E-state index in [2.05, 4.69) is 9.99 Å². The zero-order valence-electron chi connectivity index (χ0n) is 6.42. The molecule has 0 spiro atoms. The molecule has 0 bridgehead atoms. The molecule has 1 aromatic rings. The van der Waals surface area contributed by atoms with E-state index in [4.69, 9.17) is 11.6 Å². The lowest BCUT2D eigenvalue weighted by atomic mass is 10.2. The Morgan fingerprint density at radius 2 is 2.33 bits per heavy atom. The standard InChI is InChI=1S/C8H7ClFNO/c1-12-11-5-6-2-3-7(10)4-8(6)9/h2-5H,1H3. The quantitative estimate of drug-likeness (QED) is 0.515. The van der Waals surface area contributed by atoms with Gasteiger partial charge in [-0.25, -0.2) is 4.39 Å². The summed E-state index contributed by atoms with van der Waals surface area (Å²) in [5.74, 6) is -0.366. The molecule has 0 radical (unpaired) electrons. The molecule has 0 N–H and O–H groups in total. The second-order valence-electron chi connectivity index (χ2n) is 2.08. The molecule has 0 saturated carbocycles. The molecule has 0 atom stereocenters. The first-order valence-electron chi connectivity index (χ1n) is 3.25. The number of benzene rings is 1. The van der Waals surface area contributed by atoms with Crippen molar-refractivity contribution in [3.05, 3.63) is 34.6 Å². The van der Waals surface area contributed by atoms with Gasteiger partial charge in [0.15, 0.2) is 0 Å². The van der Waals surface area contributed by atoms with E-state index >= 15 is 0 Å². The highest BCUT2D eigenvalue weighted by Crippen LogP contribution is 2.14. The van der Waals surface area contributed by atoms with E-state index in [0.717, 1.165) is 0 Å². The van der Waals surface area contributed by atoms with Crippen LogP contribution in [0, 0.1) is 5.82 Å². The van der Waals surface area contributed by atoms with Crippen LogP contribution in [-0.2, 0) is 4.84 Å². The fraction of sp³-hybridized carbons (Fsp3) is 0.125. The van der Waals surface area contributed by atoms with E-state index in [1.807, 2.05) is 0 Å². The van der Waals surface area contributed by atoms with Crippen molar-refractivity contribution >= 4 is 17.8 Å². The molecule has 64 valence electrons. The summed E-state index contributed by atoms with van der Waals surface area (Å²) in [6.07, 6.45) is 1.42. The molecular formula is C8H7ClFNO. The van der Waals surface area contributed by atoms with E-state index in [1.54, 1.807) is 0 Å². The Balaban J connectivity index is 2.94. The third kappa shape index (κ3) is 2.20. The molecule has 0 heterocycles. The van der Waals surface area contributed by atoms with Gasteiger partial charge in [0.05, 0.1) is 11.2 Å². The lowest BCUT2D eigenvalue weighted by molar-refractivity contribution is 0.215. The predicted octanol–water partition coefficient (Wildman–Crippen LogP) is 2.46. The highest BCUT2D eigenvalue weighted by Gasteiger charge is 1.98. The topological polar surface area (TPSA) is 21.6 Å². The molecular weight excluding hydrogens is 181 g/mol. The van der Waals surface area contributed by atoms with E-state index in [1.165, 1.54) is 31.5 Å². The first kappa shape index (κ1) is 9.00. The van der Waals surface area contributed by atoms with Crippen molar-refractivity contribution in [2.75, 3.05) is 7.11 Å². The molecule has 0 aliphatic heterocycles. The molecule has 1 aromatic carbocycles. The molecule has 12 heavy (non-hydrogen) atoms. The van der Waals surface area contributed by atoms with Crippen LogP contribution >= 0.6 is 11.6 Å². The summed E-state index contributed by atoms with van der Waals surface area (Å²) in [6, 6.07) is 4.06. The molecule has 4 heteroatoms. The second-order valence-corrected chi connectivity index (χ2v) is 2.49. The van der Waals surface area contributed by atoms with E-state index in [9.17, 15) is 4.39 Å². The van der Waals surface area contributed by atoms with Crippen LogP contribution in [0.1, 0.15) is 5.56 Å². The first-order valence-corrected chi connectivity index (χ1v) is 3.63. The normalized spacial score (nSPS) is 10.6. The van der Waals surface area contributed by atoms with Gasteiger partial charge in [-0.1, -0.05) is 16.8 Å². The van der Waals surface area contributed by atoms with Crippen molar-refractivity contribution in [1.29, 1.82) is 0 Å². The van der Waals surface area contributed by atoms with Gasteiger partial charge in [-0.3, -0.25) is 0 Å². The van der Waals surface area contributed by atoms with Gasteiger partial charge in [-0.05, 0) is 18.2 Å². The number of nitrogens with zero attached hydrogens (tertiary/aromatic N) is 1. The van der Waals surface area contributed by atoms with Crippen LogP contribution in [0.3, 0.4) is 0 Å². The summed E-state index contributed by atoms with van der Waals surface area (Å²) in [4.78, 5) is 4.45. The number of oxime groups is 1. The third-order valence-corrected chi connectivity index (χ3v) is 1.59. The minimum Gasteiger partial charge on any atom is -0.399 e. The maximum absolute atomic E-state index is 12.5. The molecule has 1 rings (SSSR count). The Morgan fingerprint density at radius 1 is 1.58 bits per heavy atom. The van der Waals surface area contributed by atoms with Gasteiger partial charge in [0, 0.05) is 5.56 Å². The number of hydrogen-bond donors (Lipinski definition) is 0. The first-order chi connectivity index (χ1) is 5.74. The molecule has 0 amide bonds. The third-order valence-electron chi connectivity index (χ3n) is 1.26. The summed E-state index contributed by atoms with van der Waals surface area (Å²) in [5.41, 5.74) is 0.625. The molecule has 0 fully saturated rings.